The number of ketones is 1. The Balaban J connectivity index is 1.81. The van der Waals surface area contributed by atoms with E-state index >= 15 is 0 Å². The zero-order valence-corrected chi connectivity index (χ0v) is 22.8. The molecule has 0 saturated carbocycles. The monoisotopic (exact) mass is 555 g/mol. The number of carbonyl (C=O) groups excluding carboxylic acids is 5. The molecule has 1 aliphatic heterocycles. The van der Waals surface area contributed by atoms with Crippen molar-refractivity contribution in [3.05, 3.63) is 36.0 Å². The van der Waals surface area contributed by atoms with Crippen LogP contribution >= 0.6 is 0 Å². The number of Topliss-reactive ketones (excluding diaryl/α,β-unsaturated/α-hetero) is 1. The molecule has 216 valence electrons. The van der Waals surface area contributed by atoms with E-state index in [0.717, 1.165) is 16.5 Å². The van der Waals surface area contributed by atoms with Gasteiger partial charge in [-0.15, -0.1) is 0 Å². The molecule has 1 saturated heterocycles. The minimum atomic E-state index is -1.20. The second-order valence-corrected chi connectivity index (χ2v) is 9.72. The molecule has 1 aromatic heterocycles. The van der Waals surface area contributed by atoms with E-state index in [1.165, 1.54) is 6.92 Å². The second kappa shape index (κ2) is 14.9. The van der Waals surface area contributed by atoms with Crippen molar-refractivity contribution >= 4 is 46.6 Å². The average Bonchev–Trinajstić information content (AvgIpc) is 3.36. The summed E-state index contributed by atoms with van der Waals surface area (Å²) in [4.78, 5) is 66.6. The van der Waals surface area contributed by atoms with E-state index in [1.807, 2.05) is 24.3 Å². The predicted molar refractivity (Wildman–Crippen MR) is 147 cm³/mol. The highest BCUT2D eigenvalue weighted by Crippen LogP contribution is 2.21. The van der Waals surface area contributed by atoms with E-state index in [-0.39, 0.29) is 31.8 Å². The van der Waals surface area contributed by atoms with E-state index in [2.05, 4.69) is 20.9 Å². The maximum Gasteiger partial charge on any atom is 0.328 e. The number of rotatable bonds is 14. The number of amides is 3. The first-order chi connectivity index (χ1) is 19.2. The van der Waals surface area contributed by atoms with Gasteiger partial charge in [-0.1, -0.05) is 18.2 Å². The maximum absolute atomic E-state index is 13.5. The molecule has 1 aromatic carbocycles. The third-order valence-corrected chi connectivity index (χ3v) is 6.84. The zero-order chi connectivity index (χ0) is 29.1. The van der Waals surface area contributed by atoms with Crippen molar-refractivity contribution in [2.24, 2.45) is 5.92 Å². The molecule has 3 amide bonds. The number of H-pyrrole nitrogens is 1. The van der Waals surface area contributed by atoms with Crippen LogP contribution in [0.25, 0.3) is 10.9 Å². The molecule has 3 rings (SSSR count). The van der Waals surface area contributed by atoms with Crippen molar-refractivity contribution in [2.45, 2.75) is 64.1 Å². The van der Waals surface area contributed by atoms with Crippen LogP contribution in [0, 0.1) is 11.3 Å². The number of ether oxygens (including phenoxy) is 2. The summed E-state index contributed by atoms with van der Waals surface area (Å²) < 4.78 is 10.6. The van der Waals surface area contributed by atoms with Gasteiger partial charge in [0.05, 0.1) is 12.8 Å². The van der Waals surface area contributed by atoms with Gasteiger partial charge in [-0.3, -0.25) is 19.2 Å². The fourth-order valence-electron chi connectivity index (χ4n) is 4.78. The molecule has 0 radical (unpaired) electrons. The quantitative estimate of drug-likeness (QED) is 0.171. The van der Waals surface area contributed by atoms with Crippen LogP contribution in [0.4, 0.5) is 0 Å². The van der Waals surface area contributed by atoms with E-state index in [1.54, 1.807) is 13.1 Å². The normalized spacial score (nSPS) is 15.8. The van der Waals surface area contributed by atoms with Gasteiger partial charge in [0.2, 0.25) is 17.7 Å². The van der Waals surface area contributed by atoms with Crippen LogP contribution < -0.4 is 16.0 Å². The lowest BCUT2D eigenvalue weighted by Crippen LogP contribution is -2.57. The van der Waals surface area contributed by atoms with E-state index in [0.29, 0.717) is 32.3 Å². The molecule has 12 heteroatoms. The molecule has 3 atom stereocenters. The van der Waals surface area contributed by atoms with Crippen LogP contribution in [0.3, 0.4) is 0 Å². The van der Waals surface area contributed by atoms with Gasteiger partial charge in [0.1, 0.15) is 18.1 Å². The second-order valence-electron chi connectivity index (χ2n) is 9.72. The van der Waals surface area contributed by atoms with Gasteiger partial charge in [0.25, 0.3) is 0 Å². The first-order valence-corrected chi connectivity index (χ1v) is 13.4. The molecular weight excluding hydrogens is 518 g/mol. The van der Waals surface area contributed by atoms with Crippen molar-refractivity contribution < 1.29 is 33.4 Å². The zero-order valence-electron chi connectivity index (χ0n) is 22.8. The number of carbonyl (C=O) groups is 5. The summed E-state index contributed by atoms with van der Waals surface area (Å²) in [5.41, 5.74) is 1.67. The third-order valence-electron chi connectivity index (χ3n) is 6.84. The first-order valence-electron chi connectivity index (χ1n) is 13.4. The van der Waals surface area contributed by atoms with Gasteiger partial charge in [-0.25, -0.2) is 4.79 Å². The Bertz CT molecular complexity index is 1220. The SMILES string of the molecule is CCOC(=O)C(NC(=O)[C@H](CCC(=O)C=N)NC(=O)[C@H](Cc1c[nH]c2ccccc12)NC(C)=O)C1CCOCC1. The molecule has 1 aliphatic rings. The van der Waals surface area contributed by atoms with Gasteiger partial charge in [0, 0.05) is 50.1 Å². The van der Waals surface area contributed by atoms with Gasteiger partial charge in [-0.05, 0) is 43.7 Å². The summed E-state index contributed by atoms with van der Waals surface area (Å²) in [6.45, 7) is 3.98. The van der Waals surface area contributed by atoms with Crippen LogP contribution in [-0.4, -0.2) is 78.6 Å². The molecule has 12 nitrogen and oxygen atoms in total. The molecule has 0 spiro atoms. The number of nitrogens with one attached hydrogen (secondary N) is 5. The van der Waals surface area contributed by atoms with Crippen LogP contribution in [0.1, 0.15) is 45.1 Å². The van der Waals surface area contributed by atoms with Crippen molar-refractivity contribution in [1.29, 1.82) is 5.41 Å². The van der Waals surface area contributed by atoms with Gasteiger partial charge < -0.3 is 35.8 Å². The fourth-order valence-corrected chi connectivity index (χ4v) is 4.78. The van der Waals surface area contributed by atoms with Crippen molar-refractivity contribution in [2.75, 3.05) is 19.8 Å². The van der Waals surface area contributed by atoms with Crippen LogP contribution in [0.15, 0.2) is 30.5 Å². The molecule has 0 aliphatic carbocycles. The Hall–Kier alpha value is -4.06. The number of para-hydroxylation sites is 1. The van der Waals surface area contributed by atoms with Crippen LogP contribution in [0.5, 0.6) is 0 Å². The molecule has 1 fully saturated rings. The number of esters is 1. The average molecular weight is 556 g/mol. The summed E-state index contributed by atoms with van der Waals surface area (Å²) in [5.74, 6) is -3.03. The number of aromatic nitrogens is 1. The largest absolute Gasteiger partial charge is 0.464 e. The number of aromatic amines is 1. The number of benzene rings is 1. The Morgan fingerprint density at radius 1 is 1.07 bits per heavy atom. The van der Waals surface area contributed by atoms with Gasteiger partial charge in [0.15, 0.2) is 5.78 Å². The summed E-state index contributed by atoms with van der Waals surface area (Å²) in [6.07, 6.45) is 3.38. The van der Waals surface area contributed by atoms with E-state index in [9.17, 15) is 24.0 Å². The highest BCUT2D eigenvalue weighted by molar-refractivity contribution is 6.26. The Labute approximate surface area is 232 Å². The lowest BCUT2D eigenvalue weighted by molar-refractivity contribution is -0.150. The topological polar surface area (TPSA) is 180 Å². The summed E-state index contributed by atoms with van der Waals surface area (Å²) in [7, 11) is 0. The Morgan fingerprint density at radius 2 is 1.77 bits per heavy atom. The Kier molecular flexibility index (Phi) is 11.4. The summed E-state index contributed by atoms with van der Waals surface area (Å²) in [6, 6.07) is 4.37. The van der Waals surface area contributed by atoms with E-state index in [4.69, 9.17) is 14.9 Å². The van der Waals surface area contributed by atoms with Crippen molar-refractivity contribution in [3.8, 4) is 0 Å². The van der Waals surface area contributed by atoms with E-state index < -0.39 is 47.6 Å². The summed E-state index contributed by atoms with van der Waals surface area (Å²) in [5, 5.41) is 16.1. The van der Waals surface area contributed by atoms with Crippen molar-refractivity contribution in [1.82, 2.24) is 20.9 Å². The summed E-state index contributed by atoms with van der Waals surface area (Å²) >= 11 is 0. The molecule has 40 heavy (non-hydrogen) atoms. The van der Waals surface area contributed by atoms with Crippen molar-refractivity contribution in [3.63, 3.8) is 0 Å². The maximum atomic E-state index is 13.5. The minimum Gasteiger partial charge on any atom is -0.464 e. The molecule has 1 unspecified atom stereocenters. The molecule has 5 N–H and O–H groups in total. The molecule has 2 heterocycles. The first kappa shape index (κ1) is 30.5. The Morgan fingerprint density at radius 3 is 2.45 bits per heavy atom. The predicted octanol–water partition coefficient (Wildman–Crippen LogP) is 1.17. The lowest BCUT2D eigenvalue weighted by atomic mass is 9.91. The van der Waals surface area contributed by atoms with Gasteiger partial charge in [-0.2, -0.15) is 0 Å². The molecular formula is C28H37N5O7. The van der Waals surface area contributed by atoms with Crippen LogP contribution in [-0.2, 0) is 39.9 Å². The highest BCUT2D eigenvalue weighted by Gasteiger charge is 2.35. The van der Waals surface area contributed by atoms with Gasteiger partial charge >= 0.3 is 5.97 Å². The number of fused-ring (bicyclic) bond motifs is 1. The highest BCUT2D eigenvalue weighted by atomic mass is 16.5. The smallest absolute Gasteiger partial charge is 0.328 e. The molecule has 0 bridgehead atoms. The number of hydrogen-bond acceptors (Lipinski definition) is 8. The van der Waals surface area contributed by atoms with Crippen LogP contribution in [0.2, 0.25) is 0 Å². The third kappa shape index (κ3) is 8.47. The number of hydrogen-bond donors (Lipinski definition) is 5. The standard InChI is InChI=1S/C28H37N5O7/c1-3-40-28(38)25(18-10-12-39-13-11-18)33-26(36)23(9-8-20(35)15-29)32-27(37)24(31-17(2)34)14-19-16-30-22-7-5-4-6-21(19)22/h4-7,15-16,18,23-25,29-30H,3,8-14H2,1-2H3,(H,31,34)(H,32,37)(H,33,36)/t23-,24-,25?/m0/s1. The lowest BCUT2D eigenvalue weighted by Gasteiger charge is -2.31. The minimum absolute atomic E-state index is 0.102. The molecule has 2 aromatic rings. The fraction of sp³-hybridized carbons (Fsp3) is 0.500.